The van der Waals surface area contributed by atoms with E-state index in [1.807, 2.05) is 0 Å². The molecule has 0 spiro atoms. The van der Waals surface area contributed by atoms with Gasteiger partial charge in [-0.3, -0.25) is 4.79 Å². The van der Waals surface area contributed by atoms with E-state index in [2.05, 4.69) is 24.8 Å². The summed E-state index contributed by atoms with van der Waals surface area (Å²) in [5.41, 5.74) is -0.444. The molecule has 0 aliphatic rings. The summed E-state index contributed by atoms with van der Waals surface area (Å²) in [5, 5.41) is 10.3. The first-order chi connectivity index (χ1) is 3.64. The second-order valence-electron chi connectivity index (χ2n) is 1.32. The molecular formula is C4K2O2S2. The number of rotatable bonds is 0. The van der Waals surface area contributed by atoms with Crippen LogP contribution in [-0.4, -0.2) is 0 Å². The molecule has 0 atom stereocenters. The number of hydrogen-bond donors (Lipinski definition) is 0. The topological polar surface area (TPSA) is 40.1 Å². The molecule has 0 N–H and O–H groups in total. The molecule has 0 bridgehead atoms. The largest absolute Gasteiger partial charge is 1.00 e. The van der Waals surface area contributed by atoms with Crippen LogP contribution in [0.25, 0.3) is 0 Å². The standard InChI is InChI=1S/C4H2O2S2.2K/c5-1-3(7)2(6)4(1)8;;/h5,7H;;/q;2*+1/p-2. The Morgan fingerprint density at radius 3 is 1.90 bits per heavy atom. The molecule has 6 heteroatoms. The minimum atomic E-state index is -0.444. The molecular weight excluding hydrogens is 222 g/mol. The van der Waals surface area contributed by atoms with Crippen LogP contribution in [0.4, 0.5) is 0 Å². The van der Waals surface area contributed by atoms with Gasteiger partial charge in [0.25, 0.3) is 0 Å². The first kappa shape index (κ1) is 15.3. The maximum absolute atomic E-state index is 10.3. The van der Waals surface area contributed by atoms with E-state index in [4.69, 9.17) is 0 Å². The fourth-order valence-electron chi connectivity index (χ4n) is 0.350. The molecule has 10 heavy (non-hydrogen) atoms. The van der Waals surface area contributed by atoms with Crippen molar-refractivity contribution in [3.63, 3.8) is 0 Å². The molecule has 0 unspecified atom stereocenters. The maximum atomic E-state index is 10.3. The monoisotopic (exact) mass is 222 g/mol. The second-order valence-corrected chi connectivity index (χ2v) is 2.13. The number of hydrogen-bond acceptors (Lipinski definition) is 4. The van der Waals surface area contributed by atoms with Crippen molar-refractivity contribution in [3.05, 3.63) is 14.7 Å². The summed E-state index contributed by atoms with van der Waals surface area (Å²) >= 11 is 8.64. The van der Waals surface area contributed by atoms with Crippen molar-refractivity contribution in [2.75, 3.05) is 0 Å². The zero-order valence-corrected chi connectivity index (χ0v) is 13.5. The average molecular weight is 222 g/mol. The van der Waals surface area contributed by atoms with Crippen LogP contribution in [0.3, 0.4) is 0 Å². The summed E-state index contributed by atoms with van der Waals surface area (Å²) in [5.74, 6) is -0.444. The molecule has 2 nitrogen and oxygen atoms in total. The first-order valence-electron chi connectivity index (χ1n) is 1.82. The van der Waals surface area contributed by atoms with E-state index in [1.54, 1.807) is 0 Å². The Kier molecular flexibility index (Phi) is 9.59. The SMILES string of the molecule is O=c1c([S-])c([O-])c1=S.[K+].[K+]. The van der Waals surface area contributed by atoms with Crippen molar-refractivity contribution in [3.8, 4) is 5.75 Å². The van der Waals surface area contributed by atoms with E-state index in [1.165, 1.54) is 0 Å². The van der Waals surface area contributed by atoms with Crippen molar-refractivity contribution < 1.29 is 108 Å². The van der Waals surface area contributed by atoms with Gasteiger partial charge in [-0.15, -0.1) is 10.6 Å². The Bertz CT molecular complexity index is 259. The second kappa shape index (κ2) is 6.28. The zero-order valence-electron chi connectivity index (χ0n) is 5.63. The van der Waals surface area contributed by atoms with Crippen molar-refractivity contribution >= 4 is 24.8 Å². The summed E-state index contributed by atoms with van der Waals surface area (Å²) in [7, 11) is 0. The smallest absolute Gasteiger partial charge is 0.872 e. The Hall–Kier alpha value is 2.79. The van der Waals surface area contributed by atoms with Gasteiger partial charge in [-0.2, -0.15) is 0 Å². The Morgan fingerprint density at radius 2 is 1.80 bits per heavy atom. The molecule has 0 radical (unpaired) electrons. The Balaban J connectivity index is 0. The van der Waals surface area contributed by atoms with Crippen LogP contribution in [0.2, 0.25) is 0 Å². The molecule has 0 aromatic heterocycles. The fraction of sp³-hybridized carbons (Fsp3) is 0. The van der Waals surface area contributed by atoms with Gasteiger partial charge in [-0.1, -0.05) is 12.2 Å². The van der Waals surface area contributed by atoms with E-state index in [9.17, 15) is 9.90 Å². The van der Waals surface area contributed by atoms with Crippen LogP contribution in [-0.2, 0) is 12.6 Å². The van der Waals surface area contributed by atoms with E-state index in [-0.39, 0.29) is 112 Å². The van der Waals surface area contributed by atoms with Crippen LogP contribution >= 0.6 is 12.2 Å². The van der Waals surface area contributed by atoms with Gasteiger partial charge in [0.05, 0.1) is 4.51 Å². The molecule has 0 saturated carbocycles. The quantitative estimate of drug-likeness (QED) is 0.249. The van der Waals surface area contributed by atoms with E-state index >= 15 is 0 Å². The third-order valence-corrected chi connectivity index (χ3v) is 1.57. The predicted molar refractivity (Wildman–Crippen MR) is 31.0 cm³/mol. The van der Waals surface area contributed by atoms with Crippen LogP contribution in [0.5, 0.6) is 5.75 Å². The predicted octanol–water partition coefficient (Wildman–Crippen LogP) is -6.36. The molecule has 1 aromatic carbocycles. The Labute approximate surface area is 154 Å². The summed E-state index contributed by atoms with van der Waals surface area (Å²) in [6.07, 6.45) is 0. The molecule has 0 aliphatic heterocycles. The zero-order chi connectivity index (χ0) is 6.31. The van der Waals surface area contributed by atoms with Gasteiger partial charge in [-0.25, -0.2) is 0 Å². The van der Waals surface area contributed by atoms with Gasteiger partial charge in [0.15, 0.2) is 5.43 Å². The Morgan fingerprint density at radius 1 is 1.40 bits per heavy atom. The fourth-order valence-corrected chi connectivity index (χ4v) is 0.887. The van der Waals surface area contributed by atoms with Gasteiger partial charge in [-0.05, 0) is 0 Å². The van der Waals surface area contributed by atoms with Crippen molar-refractivity contribution in [1.29, 1.82) is 0 Å². The molecule has 0 aliphatic carbocycles. The summed E-state index contributed by atoms with van der Waals surface area (Å²) in [6.45, 7) is 0. The summed E-state index contributed by atoms with van der Waals surface area (Å²) < 4.78 is -0.144. The van der Waals surface area contributed by atoms with Gasteiger partial charge in [0.1, 0.15) is 0 Å². The molecule has 0 heterocycles. The summed E-state index contributed by atoms with van der Waals surface area (Å²) in [4.78, 5) is 10.1. The van der Waals surface area contributed by atoms with Gasteiger partial charge in [0.2, 0.25) is 0 Å². The van der Waals surface area contributed by atoms with Gasteiger partial charge < -0.3 is 17.7 Å². The van der Waals surface area contributed by atoms with E-state index in [0.717, 1.165) is 0 Å². The normalized spacial score (nSPS) is 8.00. The van der Waals surface area contributed by atoms with E-state index < -0.39 is 11.2 Å². The van der Waals surface area contributed by atoms with Crippen LogP contribution in [0.15, 0.2) is 9.69 Å². The van der Waals surface area contributed by atoms with Crippen molar-refractivity contribution in [2.45, 2.75) is 4.90 Å². The average Bonchev–Trinajstić information content (AvgIpc) is 1.83. The van der Waals surface area contributed by atoms with Crippen LogP contribution < -0.4 is 113 Å². The van der Waals surface area contributed by atoms with Gasteiger partial charge >= 0.3 is 103 Å². The van der Waals surface area contributed by atoms with Gasteiger partial charge in [0, 0.05) is 0 Å². The first-order valence-corrected chi connectivity index (χ1v) is 2.63. The molecule has 0 saturated heterocycles. The molecule has 0 fully saturated rings. The van der Waals surface area contributed by atoms with Crippen molar-refractivity contribution in [1.82, 2.24) is 0 Å². The van der Waals surface area contributed by atoms with Crippen molar-refractivity contribution in [2.24, 2.45) is 0 Å². The van der Waals surface area contributed by atoms with Crippen LogP contribution in [0.1, 0.15) is 0 Å². The third-order valence-electron chi connectivity index (χ3n) is 0.825. The maximum Gasteiger partial charge on any atom is 1.00 e. The molecule has 42 valence electrons. The molecule has 1 aromatic rings. The summed E-state index contributed by atoms with van der Waals surface area (Å²) in [6, 6.07) is 0. The minimum absolute atomic E-state index is 0. The van der Waals surface area contributed by atoms with Crippen LogP contribution in [0, 0.1) is 4.51 Å². The molecule has 1 rings (SSSR count). The van der Waals surface area contributed by atoms with E-state index in [0.29, 0.717) is 0 Å². The third kappa shape index (κ3) is 2.93. The molecule has 0 amide bonds. The minimum Gasteiger partial charge on any atom is -0.872 e.